The highest BCUT2D eigenvalue weighted by Crippen LogP contribution is 1.91. The molecule has 0 bridgehead atoms. The van der Waals surface area contributed by atoms with Gasteiger partial charge in [-0.2, -0.15) is 0 Å². The van der Waals surface area contributed by atoms with Gasteiger partial charge in [-0.25, -0.2) is 21.9 Å². The molecule has 0 amide bonds. The van der Waals surface area contributed by atoms with Crippen LogP contribution in [0.5, 0.6) is 0 Å². The third kappa shape index (κ3) is 9.91. The molecule has 5 nitrogen and oxygen atoms in total. The lowest BCUT2D eigenvalue weighted by atomic mass is 10.7. The highest BCUT2D eigenvalue weighted by atomic mass is 32.2. The summed E-state index contributed by atoms with van der Waals surface area (Å²) in [7, 11) is -3.57. The lowest BCUT2D eigenvalue weighted by molar-refractivity contribution is 0.0199. The molecule has 0 atom stereocenters. The minimum Gasteiger partial charge on any atom is -0.392 e. The van der Waals surface area contributed by atoms with E-state index in [2.05, 4.69) is 21.7 Å². The molecular weight excluding hydrogens is 250 g/mol. The summed E-state index contributed by atoms with van der Waals surface area (Å²) in [5.74, 6) is -0.461. The van der Waals surface area contributed by atoms with Gasteiger partial charge in [0.1, 0.15) is 12.4 Å². The van der Waals surface area contributed by atoms with Crippen molar-refractivity contribution in [3.8, 4) is 0 Å². The predicted molar refractivity (Wildman–Crippen MR) is 55.4 cm³/mol. The minimum absolute atomic E-state index is 0.0856. The Morgan fingerprint density at radius 2 is 2.13 bits per heavy atom. The second-order valence-electron chi connectivity index (χ2n) is 2.59. The fourth-order valence-corrected chi connectivity index (χ4v) is 2.02. The van der Waals surface area contributed by atoms with E-state index in [1.165, 1.54) is 0 Å². The molecule has 0 saturated carbocycles. The van der Waals surface area contributed by atoms with Gasteiger partial charge in [0, 0.05) is 6.54 Å². The third-order valence-corrected chi connectivity index (χ3v) is 2.81. The van der Waals surface area contributed by atoms with E-state index < -0.39 is 28.8 Å². The van der Waals surface area contributed by atoms with Crippen LogP contribution in [0.1, 0.15) is 0 Å². The Balaban J connectivity index is 3.63. The second-order valence-corrected chi connectivity index (χ2v) is 4.92. The van der Waals surface area contributed by atoms with E-state index in [1.807, 2.05) is 0 Å². The molecule has 3 N–H and O–H groups in total. The Morgan fingerprint density at radius 3 is 2.60 bits per heavy atom. The number of halogens is 2. The lowest BCUT2D eigenvalue weighted by Crippen LogP contribution is -2.34. The quantitative estimate of drug-likeness (QED) is 0.454. The Labute approximate surface area is 92.0 Å². The van der Waals surface area contributed by atoms with E-state index in [0.717, 1.165) is 0 Å². The van der Waals surface area contributed by atoms with Gasteiger partial charge in [0.05, 0.1) is 11.6 Å². The molecule has 0 unspecified atom stereocenters. The summed E-state index contributed by atoms with van der Waals surface area (Å²) >= 11 is 4.41. The Hall–Kier alpha value is -0.380. The van der Waals surface area contributed by atoms with Crippen molar-refractivity contribution in [2.24, 2.45) is 5.73 Å². The zero-order valence-corrected chi connectivity index (χ0v) is 9.41. The van der Waals surface area contributed by atoms with E-state index in [9.17, 15) is 17.2 Å². The van der Waals surface area contributed by atoms with Crippen molar-refractivity contribution in [3.05, 3.63) is 0 Å². The number of nitrogens with two attached hydrogens (primary N) is 1. The van der Waals surface area contributed by atoms with Crippen LogP contribution >= 0.6 is 12.2 Å². The summed E-state index contributed by atoms with van der Waals surface area (Å²) in [6.45, 7) is -0.921. The number of rotatable bonds is 8. The van der Waals surface area contributed by atoms with E-state index in [0.29, 0.717) is 0 Å². The number of hydrogen-bond acceptors (Lipinski definition) is 4. The summed E-state index contributed by atoms with van der Waals surface area (Å²) in [6.07, 6.45) is -2.56. The second kappa shape index (κ2) is 6.99. The molecule has 90 valence electrons. The fraction of sp³-hybridized carbons (Fsp3) is 0.833. The van der Waals surface area contributed by atoms with Crippen LogP contribution in [0.2, 0.25) is 0 Å². The summed E-state index contributed by atoms with van der Waals surface area (Å²) < 4.78 is 51.8. The molecule has 0 aliphatic carbocycles. The van der Waals surface area contributed by atoms with Gasteiger partial charge in [-0.15, -0.1) is 0 Å². The van der Waals surface area contributed by atoms with Crippen LogP contribution in [-0.2, 0) is 14.8 Å². The van der Waals surface area contributed by atoms with Gasteiger partial charge >= 0.3 is 0 Å². The Kier molecular flexibility index (Phi) is 6.81. The maximum absolute atomic E-state index is 11.6. The van der Waals surface area contributed by atoms with Crippen LogP contribution in [0.4, 0.5) is 8.78 Å². The fourth-order valence-electron chi connectivity index (χ4n) is 0.680. The summed E-state index contributed by atoms with van der Waals surface area (Å²) in [6, 6.07) is 0. The first-order valence-electron chi connectivity index (χ1n) is 3.95. The summed E-state index contributed by atoms with van der Waals surface area (Å²) in [5, 5.41) is 0. The summed E-state index contributed by atoms with van der Waals surface area (Å²) in [5.41, 5.74) is 5.03. The van der Waals surface area contributed by atoms with Gasteiger partial charge in [-0.1, -0.05) is 12.2 Å². The van der Waals surface area contributed by atoms with Crippen molar-refractivity contribution in [1.29, 1.82) is 0 Å². The van der Waals surface area contributed by atoms with E-state index >= 15 is 0 Å². The first-order valence-corrected chi connectivity index (χ1v) is 6.01. The Bertz CT molecular complexity index is 295. The first-order chi connectivity index (χ1) is 6.83. The van der Waals surface area contributed by atoms with Crippen molar-refractivity contribution >= 4 is 27.2 Å². The van der Waals surface area contributed by atoms with Gasteiger partial charge in [-0.3, -0.25) is 0 Å². The Morgan fingerprint density at radius 1 is 1.53 bits per heavy atom. The van der Waals surface area contributed by atoms with Crippen LogP contribution in [0.3, 0.4) is 0 Å². The van der Waals surface area contributed by atoms with Crippen LogP contribution in [0.25, 0.3) is 0 Å². The van der Waals surface area contributed by atoms with Gasteiger partial charge in [-0.05, 0) is 0 Å². The molecule has 0 aromatic heterocycles. The number of hydrogen-bond donors (Lipinski definition) is 2. The maximum atomic E-state index is 11.6. The molecule has 0 saturated heterocycles. The largest absolute Gasteiger partial charge is 0.392 e. The predicted octanol–water partition coefficient (Wildman–Crippen LogP) is -0.526. The highest BCUT2D eigenvalue weighted by Gasteiger charge is 2.10. The normalized spacial score (nSPS) is 11.9. The molecule has 0 aliphatic rings. The van der Waals surface area contributed by atoms with E-state index in [4.69, 9.17) is 5.73 Å². The molecule has 0 rings (SSSR count). The van der Waals surface area contributed by atoms with Crippen molar-refractivity contribution in [2.75, 3.05) is 25.5 Å². The number of sulfonamides is 1. The number of thiocarbonyl (C=S) groups is 1. The van der Waals surface area contributed by atoms with E-state index in [-0.39, 0.29) is 18.1 Å². The average molecular weight is 262 g/mol. The van der Waals surface area contributed by atoms with Gasteiger partial charge < -0.3 is 10.5 Å². The molecule has 0 heterocycles. The molecular formula is C6H12F2N2O3S2. The third-order valence-electron chi connectivity index (χ3n) is 1.14. The highest BCUT2D eigenvalue weighted by molar-refractivity contribution is 7.92. The monoisotopic (exact) mass is 262 g/mol. The number of nitrogens with one attached hydrogen (secondary N) is 1. The van der Waals surface area contributed by atoms with Crippen LogP contribution in [0, 0.1) is 0 Å². The van der Waals surface area contributed by atoms with Crippen LogP contribution < -0.4 is 10.5 Å². The molecule has 0 radical (unpaired) electrons. The molecule has 0 fully saturated rings. The topological polar surface area (TPSA) is 81.4 Å². The SMILES string of the molecule is NC(=S)CS(=O)(=O)NCCOCC(F)F. The minimum atomic E-state index is -3.57. The lowest BCUT2D eigenvalue weighted by Gasteiger charge is -2.06. The maximum Gasteiger partial charge on any atom is 0.261 e. The van der Waals surface area contributed by atoms with Crippen molar-refractivity contribution < 1.29 is 21.9 Å². The summed E-state index contributed by atoms with van der Waals surface area (Å²) in [4.78, 5) is -0.156. The average Bonchev–Trinajstić information content (AvgIpc) is 1.99. The van der Waals surface area contributed by atoms with Gasteiger partial charge in [0.15, 0.2) is 0 Å². The van der Waals surface area contributed by atoms with Crippen LogP contribution in [0.15, 0.2) is 0 Å². The van der Waals surface area contributed by atoms with Crippen molar-refractivity contribution in [3.63, 3.8) is 0 Å². The molecule has 15 heavy (non-hydrogen) atoms. The smallest absolute Gasteiger partial charge is 0.261 e. The molecule has 0 aromatic carbocycles. The van der Waals surface area contributed by atoms with Crippen LogP contribution in [-0.4, -0.2) is 45.3 Å². The molecule has 0 spiro atoms. The standard InChI is InChI=1S/C6H12F2N2O3S2/c7-5(8)3-13-2-1-10-15(11,12)4-6(9)14/h5,10H,1-4H2,(H2,9,14). The van der Waals surface area contributed by atoms with Gasteiger partial charge in [0.25, 0.3) is 6.43 Å². The number of ether oxygens (including phenoxy) is 1. The molecule has 0 aromatic rings. The zero-order valence-electron chi connectivity index (χ0n) is 7.78. The van der Waals surface area contributed by atoms with Gasteiger partial charge in [0.2, 0.25) is 10.0 Å². The molecule has 0 aliphatic heterocycles. The van der Waals surface area contributed by atoms with E-state index in [1.54, 1.807) is 0 Å². The molecule has 9 heteroatoms. The number of alkyl halides is 2. The van der Waals surface area contributed by atoms with Crippen molar-refractivity contribution in [1.82, 2.24) is 4.72 Å². The van der Waals surface area contributed by atoms with Crippen molar-refractivity contribution in [2.45, 2.75) is 6.43 Å². The zero-order chi connectivity index (χ0) is 11.9. The first kappa shape index (κ1) is 14.6.